The van der Waals surface area contributed by atoms with Crippen LogP contribution in [0.2, 0.25) is 0 Å². The van der Waals surface area contributed by atoms with E-state index in [0.29, 0.717) is 15.6 Å². The Hall–Kier alpha value is -2.97. The first kappa shape index (κ1) is 17.4. The number of aromatic nitrogens is 2. The molecule has 0 spiro atoms. The Labute approximate surface area is 165 Å². The second-order valence-corrected chi connectivity index (χ2v) is 7.57. The van der Waals surface area contributed by atoms with Gasteiger partial charge in [0.05, 0.1) is 17.6 Å². The topological polar surface area (TPSA) is 76.0 Å². The summed E-state index contributed by atoms with van der Waals surface area (Å²) in [6, 6.07) is 18.4. The summed E-state index contributed by atoms with van der Waals surface area (Å²) in [5.74, 6) is -0.464. The van der Waals surface area contributed by atoms with Crippen LogP contribution in [-0.2, 0) is 4.79 Å². The number of para-hydroxylation sites is 1. The number of thioether (sulfide) groups is 1. The van der Waals surface area contributed by atoms with E-state index in [9.17, 15) is 9.59 Å². The Balaban J connectivity index is 1.73. The second-order valence-electron chi connectivity index (χ2n) is 5.79. The van der Waals surface area contributed by atoms with E-state index < -0.39 is 5.37 Å². The average Bonchev–Trinajstić information content (AvgIpc) is 3.25. The van der Waals surface area contributed by atoms with Crippen LogP contribution in [0.4, 0.5) is 5.69 Å². The summed E-state index contributed by atoms with van der Waals surface area (Å²) in [4.78, 5) is 25.0. The lowest BCUT2D eigenvalue weighted by atomic mass is 10.1. The molecule has 1 amide bonds. The highest BCUT2D eigenvalue weighted by Gasteiger charge is 2.31. The normalized spacial score (nSPS) is 16.2. The van der Waals surface area contributed by atoms with Crippen LogP contribution >= 0.6 is 24.0 Å². The Morgan fingerprint density at radius 3 is 2.41 bits per heavy atom. The number of ketones is 1. The van der Waals surface area contributed by atoms with Crippen molar-refractivity contribution >= 4 is 45.7 Å². The van der Waals surface area contributed by atoms with Crippen molar-refractivity contribution in [3.63, 3.8) is 0 Å². The van der Waals surface area contributed by atoms with E-state index in [2.05, 4.69) is 15.7 Å². The average molecular weight is 394 g/mol. The lowest BCUT2D eigenvalue weighted by Gasteiger charge is -2.09. The standard InChI is InChI=1S/C19H14N4O2S2/c24-16(12-7-3-1-4-8-12)15-14(20-18-17(25)21-19(26)27-18)11-23(22-15)13-9-5-2-6-10-13/h1-11,18,20H,(H,21,25,26)/t18-/m1/s1. The molecule has 0 saturated carbocycles. The van der Waals surface area contributed by atoms with E-state index >= 15 is 0 Å². The van der Waals surface area contributed by atoms with Crippen LogP contribution in [0, 0.1) is 0 Å². The van der Waals surface area contributed by atoms with Crippen LogP contribution in [0.1, 0.15) is 16.1 Å². The fourth-order valence-electron chi connectivity index (χ4n) is 2.68. The molecule has 0 radical (unpaired) electrons. The number of hydrogen-bond donors (Lipinski definition) is 2. The molecule has 3 aromatic rings. The first-order chi connectivity index (χ1) is 13.1. The Bertz CT molecular complexity index is 1020. The lowest BCUT2D eigenvalue weighted by Crippen LogP contribution is -2.29. The van der Waals surface area contributed by atoms with Crippen molar-refractivity contribution in [2.24, 2.45) is 0 Å². The van der Waals surface area contributed by atoms with Crippen LogP contribution in [0.15, 0.2) is 66.9 Å². The fraction of sp³-hybridized carbons (Fsp3) is 0.0526. The van der Waals surface area contributed by atoms with E-state index in [4.69, 9.17) is 12.2 Å². The van der Waals surface area contributed by atoms with Gasteiger partial charge >= 0.3 is 0 Å². The number of nitrogens with zero attached hydrogens (tertiary/aromatic N) is 2. The van der Waals surface area contributed by atoms with Gasteiger partial charge in [-0.2, -0.15) is 5.10 Å². The molecule has 8 heteroatoms. The van der Waals surface area contributed by atoms with E-state index in [1.807, 2.05) is 36.4 Å². The molecule has 1 aliphatic rings. The van der Waals surface area contributed by atoms with Gasteiger partial charge in [-0.05, 0) is 12.1 Å². The van der Waals surface area contributed by atoms with Gasteiger partial charge < -0.3 is 10.6 Å². The number of amides is 1. The predicted molar refractivity (Wildman–Crippen MR) is 109 cm³/mol. The van der Waals surface area contributed by atoms with Gasteiger partial charge in [0.2, 0.25) is 5.78 Å². The Kier molecular flexibility index (Phi) is 4.74. The zero-order valence-electron chi connectivity index (χ0n) is 14.0. The van der Waals surface area contributed by atoms with E-state index in [0.717, 1.165) is 5.69 Å². The quantitative estimate of drug-likeness (QED) is 0.512. The van der Waals surface area contributed by atoms with E-state index in [-0.39, 0.29) is 17.4 Å². The summed E-state index contributed by atoms with van der Waals surface area (Å²) in [5.41, 5.74) is 2.06. The van der Waals surface area contributed by atoms with Crippen molar-refractivity contribution in [1.82, 2.24) is 15.1 Å². The molecule has 0 unspecified atom stereocenters. The van der Waals surface area contributed by atoms with Crippen LogP contribution in [0.5, 0.6) is 0 Å². The molecule has 1 aromatic heterocycles. The summed E-state index contributed by atoms with van der Waals surface area (Å²) < 4.78 is 2.03. The summed E-state index contributed by atoms with van der Waals surface area (Å²) in [6.45, 7) is 0. The van der Waals surface area contributed by atoms with Crippen molar-refractivity contribution in [3.8, 4) is 5.69 Å². The molecule has 2 heterocycles. The highest BCUT2D eigenvalue weighted by molar-refractivity contribution is 8.24. The number of nitrogens with one attached hydrogen (secondary N) is 2. The fourth-order valence-corrected chi connectivity index (χ4v) is 3.79. The molecule has 2 aromatic carbocycles. The predicted octanol–water partition coefficient (Wildman–Crippen LogP) is 2.99. The van der Waals surface area contributed by atoms with Crippen molar-refractivity contribution in [3.05, 3.63) is 78.1 Å². The maximum absolute atomic E-state index is 13.0. The Morgan fingerprint density at radius 1 is 1.11 bits per heavy atom. The van der Waals surface area contributed by atoms with Gasteiger partial charge in [-0.1, -0.05) is 72.5 Å². The monoisotopic (exact) mass is 394 g/mol. The molecule has 27 heavy (non-hydrogen) atoms. The molecule has 0 bridgehead atoms. The van der Waals surface area contributed by atoms with Crippen molar-refractivity contribution in [2.75, 3.05) is 5.32 Å². The van der Waals surface area contributed by atoms with E-state index in [1.165, 1.54) is 11.8 Å². The maximum Gasteiger partial charge on any atom is 0.258 e. The molecule has 1 aliphatic heterocycles. The third-order valence-electron chi connectivity index (χ3n) is 3.96. The molecular weight excluding hydrogens is 380 g/mol. The second kappa shape index (κ2) is 7.34. The van der Waals surface area contributed by atoms with Gasteiger partial charge in [-0.3, -0.25) is 9.59 Å². The van der Waals surface area contributed by atoms with Gasteiger partial charge in [-0.15, -0.1) is 0 Å². The zero-order valence-corrected chi connectivity index (χ0v) is 15.6. The van der Waals surface area contributed by atoms with Crippen LogP contribution < -0.4 is 10.6 Å². The van der Waals surface area contributed by atoms with Crippen LogP contribution in [-0.4, -0.2) is 31.2 Å². The zero-order chi connectivity index (χ0) is 18.8. The maximum atomic E-state index is 13.0. The largest absolute Gasteiger partial charge is 0.362 e. The van der Waals surface area contributed by atoms with Crippen LogP contribution in [0.25, 0.3) is 5.69 Å². The van der Waals surface area contributed by atoms with E-state index in [1.54, 1.807) is 35.1 Å². The van der Waals surface area contributed by atoms with Gasteiger partial charge in [0.15, 0.2) is 11.1 Å². The van der Waals surface area contributed by atoms with Gasteiger partial charge in [-0.25, -0.2) is 4.68 Å². The number of anilines is 1. The van der Waals surface area contributed by atoms with Crippen molar-refractivity contribution in [2.45, 2.75) is 5.37 Å². The van der Waals surface area contributed by atoms with Crippen molar-refractivity contribution in [1.29, 1.82) is 0 Å². The molecule has 6 nitrogen and oxygen atoms in total. The number of thiocarbonyl (C=S) groups is 1. The van der Waals surface area contributed by atoms with Gasteiger partial charge in [0.25, 0.3) is 5.91 Å². The summed E-state index contributed by atoms with van der Waals surface area (Å²) in [5, 5.41) is 9.55. The highest BCUT2D eigenvalue weighted by atomic mass is 32.2. The molecule has 2 N–H and O–H groups in total. The third kappa shape index (κ3) is 3.62. The van der Waals surface area contributed by atoms with Gasteiger partial charge in [0, 0.05) is 5.56 Å². The lowest BCUT2D eigenvalue weighted by molar-refractivity contribution is -0.118. The summed E-state index contributed by atoms with van der Waals surface area (Å²) in [6.07, 6.45) is 1.71. The molecular formula is C19H14N4O2S2. The SMILES string of the molecule is O=C(c1ccccc1)c1nn(-c2ccccc2)cc1N[C@@H]1SC(=S)NC1=O. The number of hydrogen-bond acceptors (Lipinski definition) is 6. The summed E-state index contributed by atoms with van der Waals surface area (Å²) in [7, 11) is 0. The first-order valence-corrected chi connectivity index (χ1v) is 9.43. The minimum Gasteiger partial charge on any atom is -0.362 e. The number of rotatable bonds is 5. The third-order valence-corrected chi connectivity index (χ3v) is 5.24. The molecule has 1 fully saturated rings. The first-order valence-electron chi connectivity index (χ1n) is 8.15. The van der Waals surface area contributed by atoms with Crippen LogP contribution in [0.3, 0.4) is 0 Å². The number of carbonyl (C=O) groups is 2. The van der Waals surface area contributed by atoms with Crippen molar-refractivity contribution < 1.29 is 9.59 Å². The van der Waals surface area contributed by atoms with Gasteiger partial charge in [0.1, 0.15) is 4.32 Å². The smallest absolute Gasteiger partial charge is 0.258 e. The Morgan fingerprint density at radius 2 is 1.78 bits per heavy atom. The minimum absolute atomic E-state index is 0.223. The number of carbonyl (C=O) groups excluding carboxylic acids is 2. The minimum atomic E-state index is -0.603. The molecule has 134 valence electrons. The molecule has 1 atom stereocenters. The molecule has 1 saturated heterocycles. The highest BCUT2D eigenvalue weighted by Crippen LogP contribution is 2.26. The molecule has 0 aliphatic carbocycles. The summed E-state index contributed by atoms with van der Waals surface area (Å²) >= 11 is 6.24. The number of benzene rings is 2. The molecule has 4 rings (SSSR count).